The second-order valence-corrected chi connectivity index (χ2v) is 7.99. The molecule has 3 amide bonds. The largest absolute Gasteiger partial charge is 0.343 e. The van der Waals surface area contributed by atoms with Crippen LogP contribution in [0.15, 0.2) is 36.5 Å². The van der Waals surface area contributed by atoms with E-state index < -0.39 is 5.91 Å². The van der Waals surface area contributed by atoms with Crippen molar-refractivity contribution in [1.82, 2.24) is 15.2 Å². The standard InChI is InChI=1S/C21H22Cl2N4O3/c1-13-4-2-8-24-19(13)26-20(29)14-5-3-9-27(12-14)18(28)11-25-21(30)16-7-6-15(22)10-17(16)23/h2,4,6-8,10,14H,3,5,9,11-12H2,1H3,(H,25,30)(H,24,26,29). The summed E-state index contributed by atoms with van der Waals surface area (Å²) in [6.45, 7) is 2.54. The second kappa shape index (κ2) is 9.91. The van der Waals surface area contributed by atoms with E-state index in [1.165, 1.54) is 12.1 Å². The molecule has 2 heterocycles. The topological polar surface area (TPSA) is 91.4 Å². The average molecular weight is 449 g/mol. The minimum atomic E-state index is -0.457. The minimum absolute atomic E-state index is 0.161. The van der Waals surface area contributed by atoms with Crippen molar-refractivity contribution in [3.63, 3.8) is 0 Å². The Morgan fingerprint density at radius 3 is 2.77 bits per heavy atom. The average Bonchev–Trinajstić information content (AvgIpc) is 2.73. The van der Waals surface area contributed by atoms with Gasteiger partial charge in [-0.05, 0) is 49.6 Å². The number of aromatic nitrogens is 1. The summed E-state index contributed by atoms with van der Waals surface area (Å²) in [5.41, 5.74) is 1.12. The van der Waals surface area contributed by atoms with Gasteiger partial charge in [-0.2, -0.15) is 0 Å². The smallest absolute Gasteiger partial charge is 0.253 e. The van der Waals surface area contributed by atoms with E-state index in [-0.39, 0.29) is 34.9 Å². The zero-order valence-electron chi connectivity index (χ0n) is 16.5. The highest BCUT2D eigenvalue weighted by atomic mass is 35.5. The Labute approximate surface area is 184 Å². The van der Waals surface area contributed by atoms with Crippen molar-refractivity contribution in [3.8, 4) is 0 Å². The summed E-state index contributed by atoms with van der Waals surface area (Å²) in [6, 6.07) is 8.20. The summed E-state index contributed by atoms with van der Waals surface area (Å²) in [6.07, 6.45) is 3.02. The molecule has 0 aliphatic carbocycles. The van der Waals surface area contributed by atoms with Crippen LogP contribution in [-0.4, -0.2) is 47.2 Å². The number of aryl methyl sites for hydroxylation is 1. The zero-order chi connectivity index (χ0) is 21.7. The number of rotatable bonds is 5. The number of nitrogens with zero attached hydrogens (tertiary/aromatic N) is 2. The van der Waals surface area contributed by atoms with Gasteiger partial charge in [0.2, 0.25) is 11.8 Å². The number of nitrogens with one attached hydrogen (secondary N) is 2. The molecular weight excluding hydrogens is 427 g/mol. The first-order valence-corrected chi connectivity index (χ1v) is 10.3. The maximum Gasteiger partial charge on any atom is 0.253 e. The van der Waals surface area contributed by atoms with Gasteiger partial charge in [0.1, 0.15) is 5.82 Å². The van der Waals surface area contributed by atoms with Crippen LogP contribution in [0.5, 0.6) is 0 Å². The van der Waals surface area contributed by atoms with Crippen LogP contribution in [0, 0.1) is 12.8 Å². The molecule has 158 valence electrons. The van der Waals surface area contributed by atoms with E-state index in [1.54, 1.807) is 23.2 Å². The number of pyridine rings is 1. The van der Waals surface area contributed by atoms with Crippen LogP contribution < -0.4 is 10.6 Å². The molecule has 30 heavy (non-hydrogen) atoms. The molecule has 7 nitrogen and oxygen atoms in total. The lowest BCUT2D eigenvalue weighted by molar-refractivity contribution is -0.133. The summed E-state index contributed by atoms with van der Waals surface area (Å²) in [7, 11) is 0. The number of anilines is 1. The van der Waals surface area contributed by atoms with Crippen LogP contribution in [0.1, 0.15) is 28.8 Å². The lowest BCUT2D eigenvalue weighted by atomic mass is 9.97. The monoisotopic (exact) mass is 448 g/mol. The van der Waals surface area contributed by atoms with Crippen molar-refractivity contribution in [2.75, 3.05) is 25.0 Å². The number of likely N-dealkylation sites (tertiary alicyclic amines) is 1. The first kappa shape index (κ1) is 22.1. The minimum Gasteiger partial charge on any atom is -0.343 e. The fourth-order valence-corrected chi connectivity index (χ4v) is 3.78. The van der Waals surface area contributed by atoms with E-state index in [9.17, 15) is 14.4 Å². The highest BCUT2D eigenvalue weighted by molar-refractivity contribution is 6.36. The number of halogens is 2. The van der Waals surface area contributed by atoms with Crippen LogP contribution in [-0.2, 0) is 9.59 Å². The third kappa shape index (κ3) is 5.49. The van der Waals surface area contributed by atoms with Crippen molar-refractivity contribution < 1.29 is 14.4 Å². The van der Waals surface area contributed by atoms with E-state index in [0.29, 0.717) is 36.8 Å². The van der Waals surface area contributed by atoms with Crippen LogP contribution in [0.3, 0.4) is 0 Å². The maximum absolute atomic E-state index is 12.6. The quantitative estimate of drug-likeness (QED) is 0.733. The lowest BCUT2D eigenvalue weighted by Crippen LogP contribution is -2.47. The Hall–Kier alpha value is -2.64. The van der Waals surface area contributed by atoms with E-state index in [1.807, 2.05) is 13.0 Å². The third-order valence-electron chi connectivity index (χ3n) is 4.97. The molecule has 1 aliphatic rings. The second-order valence-electron chi connectivity index (χ2n) is 7.14. The van der Waals surface area contributed by atoms with E-state index in [0.717, 1.165) is 5.56 Å². The third-order valence-corrected chi connectivity index (χ3v) is 5.52. The van der Waals surface area contributed by atoms with Gasteiger partial charge < -0.3 is 15.5 Å². The molecule has 1 saturated heterocycles. The van der Waals surface area contributed by atoms with Gasteiger partial charge in [-0.15, -0.1) is 0 Å². The SMILES string of the molecule is Cc1cccnc1NC(=O)C1CCCN(C(=O)CNC(=O)c2ccc(Cl)cc2Cl)C1. The predicted octanol–water partition coefficient (Wildman–Crippen LogP) is 3.30. The Morgan fingerprint density at radius 2 is 2.03 bits per heavy atom. The summed E-state index contributed by atoms with van der Waals surface area (Å²) in [5, 5.41) is 6.06. The van der Waals surface area contributed by atoms with Gasteiger partial charge in [0.05, 0.1) is 23.0 Å². The molecule has 2 N–H and O–H groups in total. The summed E-state index contributed by atoms with van der Waals surface area (Å²) in [5.74, 6) is -0.670. The van der Waals surface area contributed by atoms with Crippen LogP contribution in [0.4, 0.5) is 5.82 Å². The Bertz CT molecular complexity index is 967. The van der Waals surface area contributed by atoms with E-state index in [4.69, 9.17) is 23.2 Å². The highest BCUT2D eigenvalue weighted by Gasteiger charge is 2.29. The molecule has 2 aromatic rings. The van der Waals surface area contributed by atoms with Gasteiger partial charge in [0, 0.05) is 24.3 Å². The molecule has 9 heteroatoms. The zero-order valence-corrected chi connectivity index (χ0v) is 18.0. The molecule has 1 fully saturated rings. The van der Waals surface area contributed by atoms with Crippen molar-refractivity contribution in [1.29, 1.82) is 0 Å². The molecule has 1 atom stereocenters. The number of hydrogen-bond acceptors (Lipinski definition) is 4. The lowest BCUT2D eigenvalue weighted by Gasteiger charge is -2.32. The molecule has 3 rings (SSSR count). The summed E-state index contributed by atoms with van der Waals surface area (Å²) < 4.78 is 0. The molecule has 0 spiro atoms. The molecular formula is C21H22Cl2N4O3. The van der Waals surface area contributed by atoms with Gasteiger partial charge in [0.15, 0.2) is 0 Å². The molecule has 0 radical (unpaired) electrons. The Balaban J connectivity index is 1.54. The molecule has 0 bridgehead atoms. The fourth-order valence-electron chi connectivity index (χ4n) is 3.29. The van der Waals surface area contributed by atoms with E-state index in [2.05, 4.69) is 15.6 Å². The Kier molecular flexibility index (Phi) is 7.29. The first-order valence-electron chi connectivity index (χ1n) is 9.58. The van der Waals surface area contributed by atoms with Gasteiger partial charge >= 0.3 is 0 Å². The molecule has 1 aromatic carbocycles. The van der Waals surface area contributed by atoms with Crippen molar-refractivity contribution in [2.45, 2.75) is 19.8 Å². The number of hydrogen-bond donors (Lipinski definition) is 2. The number of carbonyl (C=O) groups is 3. The summed E-state index contributed by atoms with van der Waals surface area (Å²) in [4.78, 5) is 43.3. The molecule has 1 aromatic heterocycles. The first-order chi connectivity index (χ1) is 14.3. The number of carbonyl (C=O) groups excluding carboxylic acids is 3. The maximum atomic E-state index is 12.6. The van der Waals surface area contributed by atoms with Gasteiger partial charge in [-0.3, -0.25) is 14.4 Å². The predicted molar refractivity (Wildman–Crippen MR) is 116 cm³/mol. The van der Waals surface area contributed by atoms with Crippen molar-refractivity contribution in [3.05, 3.63) is 57.7 Å². The highest BCUT2D eigenvalue weighted by Crippen LogP contribution is 2.21. The van der Waals surface area contributed by atoms with Crippen LogP contribution in [0.2, 0.25) is 10.0 Å². The van der Waals surface area contributed by atoms with Crippen molar-refractivity contribution in [2.24, 2.45) is 5.92 Å². The van der Waals surface area contributed by atoms with Crippen LogP contribution >= 0.6 is 23.2 Å². The number of amides is 3. The van der Waals surface area contributed by atoms with Gasteiger partial charge in [0.25, 0.3) is 5.91 Å². The Morgan fingerprint density at radius 1 is 1.23 bits per heavy atom. The van der Waals surface area contributed by atoms with Crippen LogP contribution in [0.25, 0.3) is 0 Å². The molecule has 1 aliphatic heterocycles. The molecule has 0 saturated carbocycles. The van der Waals surface area contributed by atoms with Gasteiger partial charge in [-0.1, -0.05) is 29.3 Å². The van der Waals surface area contributed by atoms with Crippen molar-refractivity contribution >= 4 is 46.7 Å². The normalized spacial score (nSPS) is 16.1. The number of piperidine rings is 1. The van der Waals surface area contributed by atoms with E-state index >= 15 is 0 Å². The van der Waals surface area contributed by atoms with Gasteiger partial charge in [-0.25, -0.2) is 4.98 Å². The number of benzene rings is 1. The summed E-state index contributed by atoms with van der Waals surface area (Å²) >= 11 is 11.9. The fraction of sp³-hybridized carbons (Fsp3) is 0.333. The molecule has 1 unspecified atom stereocenters.